The van der Waals surface area contributed by atoms with Gasteiger partial charge >= 0.3 is 17.9 Å². The summed E-state index contributed by atoms with van der Waals surface area (Å²) in [6.45, 7) is 11.3. The number of hydrogen-bond donors (Lipinski definition) is 0. The van der Waals surface area contributed by atoms with Crippen molar-refractivity contribution in [2.24, 2.45) is 11.8 Å². The zero-order valence-electron chi connectivity index (χ0n) is 42.5. The van der Waals surface area contributed by atoms with Crippen LogP contribution in [-0.4, -0.2) is 37.2 Å². The van der Waals surface area contributed by atoms with Gasteiger partial charge < -0.3 is 14.2 Å². The van der Waals surface area contributed by atoms with E-state index in [4.69, 9.17) is 14.2 Å². The highest BCUT2D eigenvalue weighted by Gasteiger charge is 2.19. The van der Waals surface area contributed by atoms with Gasteiger partial charge in [0.1, 0.15) is 13.2 Å². The van der Waals surface area contributed by atoms with Crippen molar-refractivity contribution in [2.45, 2.75) is 317 Å². The van der Waals surface area contributed by atoms with Gasteiger partial charge in [0.25, 0.3) is 0 Å². The first-order valence-corrected chi connectivity index (χ1v) is 27.7. The molecule has 0 spiro atoms. The van der Waals surface area contributed by atoms with Gasteiger partial charge in [-0.25, -0.2) is 0 Å². The maximum absolute atomic E-state index is 12.7. The molecule has 0 fully saturated rings. The Labute approximate surface area is 387 Å². The van der Waals surface area contributed by atoms with Crippen molar-refractivity contribution >= 4 is 17.9 Å². The van der Waals surface area contributed by atoms with Crippen LogP contribution in [0.5, 0.6) is 0 Å². The van der Waals surface area contributed by atoms with Gasteiger partial charge in [0.2, 0.25) is 0 Å². The third-order valence-corrected chi connectivity index (χ3v) is 12.7. The summed E-state index contributed by atoms with van der Waals surface area (Å²) < 4.78 is 16.8. The third-order valence-electron chi connectivity index (χ3n) is 12.7. The fourth-order valence-electron chi connectivity index (χ4n) is 8.52. The number of unbranched alkanes of at least 4 members (excludes halogenated alkanes) is 35. The first-order valence-electron chi connectivity index (χ1n) is 27.7. The molecule has 0 aromatic carbocycles. The maximum Gasteiger partial charge on any atom is 0.306 e. The fourth-order valence-corrected chi connectivity index (χ4v) is 8.52. The second-order valence-electron chi connectivity index (χ2n) is 20.2. The van der Waals surface area contributed by atoms with Gasteiger partial charge in [0, 0.05) is 19.3 Å². The number of ether oxygens (including phenoxy) is 3. The highest BCUT2D eigenvalue weighted by molar-refractivity contribution is 5.71. The lowest BCUT2D eigenvalue weighted by molar-refractivity contribution is -0.167. The first kappa shape index (κ1) is 60.4. The van der Waals surface area contributed by atoms with E-state index in [1.165, 1.54) is 199 Å². The molecule has 0 amide bonds. The Morgan fingerprint density at radius 1 is 0.306 bits per heavy atom. The van der Waals surface area contributed by atoms with E-state index in [0.717, 1.165) is 69.6 Å². The van der Waals surface area contributed by atoms with E-state index in [1.807, 2.05) is 0 Å². The van der Waals surface area contributed by atoms with Crippen molar-refractivity contribution < 1.29 is 28.6 Å². The number of carbonyl (C=O) groups excluding carboxylic acids is 3. The standard InChI is InChI=1S/C56H108O6/c1-6-7-8-9-10-11-12-13-21-24-27-30-36-41-46-54(57)60-49-53(62-56(59)48-43-38-33-32-35-40-45-52(4)5)50-61-55(58)47-42-37-31-28-25-22-19-17-15-14-16-18-20-23-26-29-34-39-44-51(2)3/h51-53H,6-50H2,1-5H3/t53-/m1/s1. The van der Waals surface area contributed by atoms with Gasteiger partial charge in [-0.05, 0) is 31.1 Å². The zero-order chi connectivity index (χ0) is 45.4. The average Bonchev–Trinajstić information content (AvgIpc) is 3.24. The van der Waals surface area contributed by atoms with Crippen LogP contribution in [0.2, 0.25) is 0 Å². The molecule has 0 radical (unpaired) electrons. The highest BCUT2D eigenvalue weighted by Crippen LogP contribution is 2.18. The topological polar surface area (TPSA) is 78.9 Å². The Morgan fingerprint density at radius 2 is 0.532 bits per heavy atom. The Balaban J connectivity index is 4.16. The molecular weight excluding hydrogens is 769 g/mol. The van der Waals surface area contributed by atoms with Gasteiger partial charge in [-0.3, -0.25) is 14.4 Å². The summed E-state index contributed by atoms with van der Waals surface area (Å²) in [7, 11) is 0. The Hall–Kier alpha value is -1.59. The minimum atomic E-state index is -0.762. The molecule has 62 heavy (non-hydrogen) atoms. The summed E-state index contributed by atoms with van der Waals surface area (Å²) in [5, 5.41) is 0. The molecule has 0 saturated heterocycles. The van der Waals surface area contributed by atoms with Crippen molar-refractivity contribution in [2.75, 3.05) is 13.2 Å². The van der Waals surface area contributed by atoms with Crippen LogP contribution in [0.4, 0.5) is 0 Å². The molecule has 0 aliphatic rings. The summed E-state index contributed by atoms with van der Waals surface area (Å²) in [6, 6.07) is 0. The molecule has 0 rings (SSSR count). The van der Waals surface area contributed by atoms with E-state index < -0.39 is 6.10 Å². The predicted octanol–water partition coefficient (Wildman–Crippen LogP) is 18.1. The molecular formula is C56H108O6. The number of esters is 3. The lowest BCUT2D eigenvalue weighted by Gasteiger charge is -2.18. The SMILES string of the molecule is CCCCCCCCCCCCCCCCC(=O)OC[C@H](COC(=O)CCCCCCCCCCCCCCCCCCCCC(C)C)OC(=O)CCCCCCCCC(C)C. The zero-order valence-corrected chi connectivity index (χ0v) is 42.5. The minimum absolute atomic E-state index is 0.0642. The van der Waals surface area contributed by atoms with Crippen LogP contribution < -0.4 is 0 Å². The number of hydrogen-bond acceptors (Lipinski definition) is 6. The molecule has 6 nitrogen and oxygen atoms in total. The summed E-state index contributed by atoms with van der Waals surface area (Å²) in [6.07, 6.45) is 51.1. The lowest BCUT2D eigenvalue weighted by atomic mass is 10.0. The molecule has 368 valence electrons. The number of rotatable bonds is 50. The molecule has 0 unspecified atom stereocenters. The third kappa shape index (κ3) is 49.4. The fraction of sp³-hybridized carbons (Fsp3) is 0.946. The highest BCUT2D eigenvalue weighted by atomic mass is 16.6. The van der Waals surface area contributed by atoms with Crippen molar-refractivity contribution in [1.82, 2.24) is 0 Å². The van der Waals surface area contributed by atoms with E-state index in [-0.39, 0.29) is 31.1 Å². The summed E-state index contributed by atoms with van der Waals surface area (Å²) in [4.78, 5) is 37.9. The molecule has 0 aliphatic heterocycles. The normalized spacial score (nSPS) is 12.0. The van der Waals surface area contributed by atoms with E-state index in [2.05, 4.69) is 34.6 Å². The second-order valence-corrected chi connectivity index (χ2v) is 20.2. The smallest absolute Gasteiger partial charge is 0.306 e. The van der Waals surface area contributed by atoms with Crippen LogP contribution in [0, 0.1) is 11.8 Å². The van der Waals surface area contributed by atoms with Gasteiger partial charge in [0.05, 0.1) is 0 Å². The van der Waals surface area contributed by atoms with E-state index in [9.17, 15) is 14.4 Å². The predicted molar refractivity (Wildman–Crippen MR) is 266 cm³/mol. The maximum atomic E-state index is 12.7. The monoisotopic (exact) mass is 877 g/mol. The number of carbonyl (C=O) groups is 3. The van der Waals surface area contributed by atoms with E-state index in [1.54, 1.807) is 0 Å². The van der Waals surface area contributed by atoms with Gasteiger partial charge in [-0.2, -0.15) is 0 Å². The van der Waals surface area contributed by atoms with Gasteiger partial charge in [-0.1, -0.05) is 272 Å². The van der Waals surface area contributed by atoms with Gasteiger partial charge in [-0.15, -0.1) is 0 Å². The summed E-state index contributed by atoms with van der Waals surface area (Å²) in [5.74, 6) is 0.769. The van der Waals surface area contributed by atoms with Crippen LogP contribution in [0.15, 0.2) is 0 Å². The Kier molecular flexibility index (Phi) is 47.6. The Morgan fingerprint density at radius 3 is 0.790 bits per heavy atom. The van der Waals surface area contributed by atoms with Crippen molar-refractivity contribution in [1.29, 1.82) is 0 Å². The van der Waals surface area contributed by atoms with Crippen molar-refractivity contribution in [3.05, 3.63) is 0 Å². The van der Waals surface area contributed by atoms with E-state index in [0.29, 0.717) is 19.3 Å². The summed E-state index contributed by atoms with van der Waals surface area (Å²) >= 11 is 0. The van der Waals surface area contributed by atoms with Crippen LogP contribution in [0.25, 0.3) is 0 Å². The second kappa shape index (κ2) is 48.9. The average molecular weight is 877 g/mol. The molecule has 0 N–H and O–H groups in total. The molecule has 6 heteroatoms. The quantitative estimate of drug-likeness (QED) is 0.0344. The largest absolute Gasteiger partial charge is 0.462 e. The summed E-state index contributed by atoms with van der Waals surface area (Å²) in [5.41, 5.74) is 0. The lowest BCUT2D eigenvalue weighted by Crippen LogP contribution is -2.30. The first-order chi connectivity index (χ1) is 30.2. The minimum Gasteiger partial charge on any atom is -0.462 e. The molecule has 1 atom stereocenters. The molecule has 0 saturated carbocycles. The van der Waals surface area contributed by atoms with Crippen LogP contribution in [0.3, 0.4) is 0 Å². The molecule has 0 bridgehead atoms. The van der Waals surface area contributed by atoms with Crippen molar-refractivity contribution in [3.63, 3.8) is 0 Å². The Bertz CT molecular complexity index is 947. The van der Waals surface area contributed by atoms with Crippen LogP contribution >= 0.6 is 0 Å². The van der Waals surface area contributed by atoms with Crippen molar-refractivity contribution in [3.8, 4) is 0 Å². The van der Waals surface area contributed by atoms with Gasteiger partial charge in [0.15, 0.2) is 6.10 Å². The molecule has 0 heterocycles. The van der Waals surface area contributed by atoms with Crippen LogP contribution in [0.1, 0.15) is 311 Å². The molecule has 0 aliphatic carbocycles. The molecule has 0 aromatic rings. The molecule has 0 aromatic heterocycles. The van der Waals surface area contributed by atoms with Crippen LogP contribution in [-0.2, 0) is 28.6 Å². The van der Waals surface area contributed by atoms with E-state index >= 15 is 0 Å².